The van der Waals surface area contributed by atoms with Gasteiger partial charge < -0.3 is 10.2 Å². The van der Waals surface area contributed by atoms with E-state index in [0.29, 0.717) is 36.5 Å². The number of nitrogens with zero attached hydrogens (tertiary/aromatic N) is 3. The summed E-state index contributed by atoms with van der Waals surface area (Å²) >= 11 is 0. The number of aromatic nitrogens is 2. The van der Waals surface area contributed by atoms with Crippen molar-refractivity contribution in [2.75, 3.05) is 13.1 Å². The molecule has 3 rings (SSSR count). The van der Waals surface area contributed by atoms with Gasteiger partial charge in [-0.3, -0.25) is 9.36 Å². The van der Waals surface area contributed by atoms with Gasteiger partial charge in [-0.2, -0.15) is 0 Å². The topological polar surface area (TPSA) is 67.2 Å². The minimum Gasteiger partial charge on any atom is -0.333 e. The highest BCUT2D eigenvalue weighted by molar-refractivity contribution is 5.77. The number of piperidine rings is 1. The van der Waals surface area contributed by atoms with Gasteiger partial charge in [0.2, 0.25) is 0 Å². The Morgan fingerprint density at radius 3 is 2.65 bits per heavy atom. The van der Waals surface area contributed by atoms with Crippen LogP contribution in [0.15, 0.2) is 29.3 Å². The lowest BCUT2D eigenvalue weighted by atomic mass is 9.96. The Hall–Kier alpha value is -2.44. The van der Waals surface area contributed by atoms with Crippen LogP contribution in [0.5, 0.6) is 0 Å². The standard InChI is InChI=1S/C19H25FN4O2/c1-19(2,3)22-18(26)23-8-6-13(7-9-23)11-24-12-21-16-10-14(20)4-5-15(16)17(24)25/h4-5,10,12-13H,6-9,11H2,1-3H3,(H,22,26). The van der Waals surface area contributed by atoms with Crippen molar-refractivity contribution < 1.29 is 9.18 Å². The second-order valence-corrected chi connectivity index (χ2v) is 7.97. The van der Waals surface area contributed by atoms with Gasteiger partial charge in [-0.05, 0) is 51.7 Å². The molecule has 2 heterocycles. The fourth-order valence-electron chi connectivity index (χ4n) is 3.26. The number of halogens is 1. The predicted molar refractivity (Wildman–Crippen MR) is 98.5 cm³/mol. The van der Waals surface area contributed by atoms with E-state index in [4.69, 9.17) is 0 Å². The van der Waals surface area contributed by atoms with Crippen LogP contribution < -0.4 is 10.9 Å². The van der Waals surface area contributed by atoms with E-state index in [1.54, 1.807) is 4.57 Å². The summed E-state index contributed by atoms with van der Waals surface area (Å²) in [5.74, 6) is -0.0888. The van der Waals surface area contributed by atoms with Gasteiger partial charge in [0, 0.05) is 31.2 Å². The van der Waals surface area contributed by atoms with Crippen LogP contribution in [-0.2, 0) is 6.54 Å². The lowest BCUT2D eigenvalue weighted by molar-refractivity contribution is 0.158. The number of rotatable bonds is 2. The van der Waals surface area contributed by atoms with Gasteiger partial charge in [0.1, 0.15) is 5.82 Å². The highest BCUT2D eigenvalue weighted by Gasteiger charge is 2.25. The number of benzene rings is 1. The van der Waals surface area contributed by atoms with E-state index >= 15 is 0 Å². The van der Waals surface area contributed by atoms with Gasteiger partial charge >= 0.3 is 6.03 Å². The van der Waals surface area contributed by atoms with Crippen molar-refractivity contribution in [2.24, 2.45) is 5.92 Å². The summed E-state index contributed by atoms with van der Waals surface area (Å²) in [6.07, 6.45) is 3.17. The van der Waals surface area contributed by atoms with Gasteiger partial charge in [-0.25, -0.2) is 14.2 Å². The molecule has 2 amide bonds. The van der Waals surface area contributed by atoms with E-state index in [-0.39, 0.29) is 17.1 Å². The van der Waals surface area contributed by atoms with E-state index in [1.807, 2.05) is 25.7 Å². The zero-order valence-electron chi connectivity index (χ0n) is 15.5. The Labute approximate surface area is 152 Å². The molecule has 0 radical (unpaired) electrons. The Kier molecular flexibility index (Phi) is 4.98. The van der Waals surface area contributed by atoms with E-state index in [0.717, 1.165) is 12.8 Å². The van der Waals surface area contributed by atoms with Gasteiger partial charge in [0.25, 0.3) is 5.56 Å². The summed E-state index contributed by atoms with van der Waals surface area (Å²) < 4.78 is 14.9. The lowest BCUT2D eigenvalue weighted by Crippen LogP contribution is -2.51. The van der Waals surface area contributed by atoms with Gasteiger partial charge in [0.15, 0.2) is 0 Å². The summed E-state index contributed by atoms with van der Waals surface area (Å²) in [6.45, 7) is 7.79. The average Bonchev–Trinajstić information content (AvgIpc) is 2.56. The van der Waals surface area contributed by atoms with Crippen molar-refractivity contribution in [3.05, 3.63) is 40.7 Å². The molecule has 0 atom stereocenters. The Morgan fingerprint density at radius 1 is 1.31 bits per heavy atom. The predicted octanol–water partition coefficient (Wildman–Crippen LogP) is 2.76. The van der Waals surface area contributed by atoms with Crippen molar-refractivity contribution >= 4 is 16.9 Å². The van der Waals surface area contributed by atoms with Crippen molar-refractivity contribution in [3.63, 3.8) is 0 Å². The fraction of sp³-hybridized carbons (Fsp3) is 0.526. The summed E-state index contributed by atoms with van der Waals surface area (Å²) in [7, 11) is 0. The largest absolute Gasteiger partial charge is 0.333 e. The molecular weight excluding hydrogens is 335 g/mol. The van der Waals surface area contributed by atoms with Crippen LogP contribution in [0.4, 0.5) is 9.18 Å². The number of carbonyl (C=O) groups is 1. The second kappa shape index (κ2) is 7.05. The number of carbonyl (C=O) groups excluding carboxylic acids is 1. The molecule has 1 N–H and O–H groups in total. The molecule has 1 aliphatic rings. The Morgan fingerprint density at radius 2 is 2.00 bits per heavy atom. The first kappa shape index (κ1) is 18.4. The molecule has 1 saturated heterocycles. The van der Waals surface area contributed by atoms with E-state index in [2.05, 4.69) is 10.3 Å². The number of likely N-dealkylation sites (tertiary alicyclic amines) is 1. The quantitative estimate of drug-likeness (QED) is 0.895. The first-order valence-electron chi connectivity index (χ1n) is 8.95. The molecule has 1 aromatic carbocycles. The third-order valence-corrected chi connectivity index (χ3v) is 4.63. The van der Waals surface area contributed by atoms with E-state index < -0.39 is 5.82 Å². The smallest absolute Gasteiger partial charge is 0.317 e. The molecule has 1 aromatic heterocycles. The molecule has 1 aliphatic heterocycles. The molecule has 140 valence electrons. The zero-order chi connectivity index (χ0) is 18.9. The van der Waals surface area contributed by atoms with Crippen LogP contribution in [0.1, 0.15) is 33.6 Å². The molecule has 0 saturated carbocycles. The molecule has 0 aliphatic carbocycles. The molecule has 0 bridgehead atoms. The number of fused-ring (bicyclic) bond motifs is 1. The number of nitrogens with one attached hydrogen (secondary N) is 1. The maximum absolute atomic E-state index is 13.3. The minimum absolute atomic E-state index is 0.0393. The Bertz CT molecular complexity index is 864. The van der Waals surface area contributed by atoms with E-state index in [9.17, 15) is 14.0 Å². The number of hydrogen-bond donors (Lipinski definition) is 1. The lowest BCUT2D eigenvalue weighted by Gasteiger charge is -2.34. The molecule has 0 unspecified atom stereocenters. The molecule has 0 spiro atoms. The van der Waals surface area contributed by atoms with Crippen LogP contribution in [0, 0.1) is 11.7 Å². The summed E-state index contributed by atoms with van der Waals surface area (Å²) in [5, 5.41) is 3.41. The fourth-order valence-corrected chi connectivity index (χ4v) is 3.26. The maximum atomic E-state index is 13.3. The van der Waals surface area contributed by atoms with Crippen LogP contribution in [-0.4, -0.2) is 39.1 Å². The van der Waals surface area contributed by atoms with Crippen LogP contribution in [0.2, 0.25) is 0 Å². The first-order chi connectivity index (χ1) is 12.2. The molecular formula is C19H25FN4O2. The van der Waals surface area contributed by atoms with Crippen molar-refractivity contribution in [3.8, 4) is 0 Å². The first-order valence-corrected chi connectivity index (χ1v) is 8.95. The molecule has 26 heavy (non-hydrogen) atoms. The molecule has 1 fully saturated rings. The van der Waals surface area contributed by atoms with Gasteiger partial charge in [-0.1, -0.05) is 0 Å². The normalized spacial score (nSPS) is 16.1. The number of amides is 2. The van der Waals surface area contributed by atoms with Crippen LogP contribution in [0.25, 0.3) is 10.9 Å². The molecule has 6 nitrogen and oxygen atoms in total. The molecule has 7 heteroatoms. The van der Waals surface area contributed by atoms with Crippen molar-refractivity contribution in [2.45, 2.75) is 45.7 Å². The number of urea groups is 1. The summed E-state index contributed by atoms with van der Waals surface area (Å²) in [5.41, 5.74) is -0.0277. The van der Waals surface area contributed by atoms with Crippen LogP contribution >= 0.6 is 0 Å². The van der Waals surface area contributed by atoms with Crippen molar-refractivity contribution in [1.82, 2.24) is 19.8 Å². The second-order valence-electron chi connectivity index (χ2n) is 7.97. The highest BCUT2D eigenvalue weighted by atomic mass is 19.1. The highest BCUT2D eigenvalue weighted by Crippen LogP contribution is 2.19. The third kappa shape index (κ3) is 4.20. The van der Waals surface area contributed by atoms with Crippen molar-refractivity contribution in [1.29, 1.82) is 0 Å². The third-order valence-electron chi connectivity index (χ3n) is 4.63. The monoisotopic (exact) mass is 360 g/mol. The van der Waals surface area contributed by atoms with Gasteiger partial charge in [-0.15, -0.1) is 0 Å². The van der Waals surface area contributed by atoms with E-state index in [1.165, 1.54) is 24.5 Å². The summed E-state index contributed by atoms with van der Waals surface area (Å²) in [6, 6.07) is 3.99. The SMILES string of the molecule is CC(C)(C)NC(=O)N1CCC(Cn2cnc3cc(F)ccc3c2=O)CC1. The minimum atomic E-state index is -0.400. The zero-order valence-corrected chi connectivity index (χ0v) is 15.5. The Balaban J connectivity index is 1.64. The summed E-state index contributed by atoms with van der Waals surface area (Å²) in [4.78, 5) is 30.8. The maximum Gasteiger partial charge on any atom is 0.317 e. The van der Waals surface area contributed by atoms with Gasteiger partial charge in [0.05, 0.1) is 17.2 Å². The molecule has 2 aromatic rings. The van der Waals surface area contributed by atoms with Crippen LogP contribution in [0.3, 0.4) is 0 Å². The average molecular weight is 360 g/mol. The number of hydrogen-bond acceptors (Lipinski definition) is 3.